The van der Waals surface area contributed by atoms with Gasteiger partial charge in [-0.15, -0.1) is 0 Å². The Bertz CT molecular complexity index is 679. The highest BCUT2D eigenvalue weighted by Crippen LogP contribution is 2.16. The molecule has 0 saturated carbocycles. The Balaban J connectivity index is 2.24. The number of nitrogen functional groups attached to an aromatic ring is 1. The van der Waals surface area contributed by atoms with E-state index in [9.17, 15) is 19.5 Å². The minimum atomic E-state index is -0.736. The molecule has 0 aromatic carbocycles. The first-order valence-corrected chi connectivity index (χ1v) is 7.96. The lowest BCUT2D eigenvalue weighted by Gasteiger charge is -2.31. The number of nitrogens with two attached hydrogens (primary N) is 1. The number of nitrogens with zero attached hydrogens (tertiary/aromatic N) is 2. The van der Waals surface area contributed by atoms with Gasteiger partial charge in [0.2, 0.25) is 0 Å². The zero-order chi connectivity index (χ0) is 17.0. The molecular weight excluding hydrogens is 300 g/mol. The molecule has 0 radical (unpaired) electrons. The van der Waals surface area contributed by atoms with Crippen molar-refractivity contribution in [1.29, 1.82) is 0 Å². The molecule has 4 N–H and O–H groups in total. The molecule has 0 spiro atoms. The fourth-order valence-electron chi connectivity index (χ4n) is 3.03. The number of carbonyl (C=O) groups is 1. The van der Waals surface area contributed by atoms with Crippen LogP contribution in [0.3, 0.4) is 0 Å². The summed E-state index contributed by atoms with van der Waals surface area (Å²) in [5, 5.41) is 9.25. The van der Waals surface area contributed by atoms with E-state index in [1.165, 1.54) is 4.57 Å². The van der Waals surface area contributed by atoms with Crippen LogP contribution < -0.4 is 17.0 Å². The number of aromatic nitrogens is 2. The smallest absolute Gasteiger partial charge is 0.329 e. The average Bonchev–Trinajstić information content (AvgIpc) is 2.51. The Kier molecular flexibility index (Phi) is 5.73. The SMILES string of the molecule is CCCn1c(N)c(C(=O)CN2CCCC(CO)C2)c(=O)[nH]c1=O. The number of ketones is 1. The van der Waals surface area contributed by atoms with E-state index in [0.717, 1.165) is 19.4 Å². The number of rotatable bonds is 6. The van der Waals surface area contributed by atoms with Crippen LogP contribution in [0.2, 0.25) is 0 Å². The number of Topliss-reactive ketones (excluding diaryl/α,β-unsaturated/α-hetero) is 1. The van der Waals surface area contributed by atoms with Crippen molar-refractivity contribution >= 4 is 11.6 Å². The summed E-state index contributed by atoms with van der Waals surface area (Å²) < 4.78 is 1.22. The first-order chi connectivity index (χ1) is 11.0. The molecule has 1 aliphatic rings. The minimum Gasteiger partial charge on any atom is -0.396 e. The third kappa shape index (κ3) is 3.89. The predicted molar refractivity (Wildman–Crippen MR) is 86.6 cm³/mol. The van der Waals surface area contributed by atoms with Gasteiger partial charge in [0, 0.05) is 19.7 Å². The number of H-pyrrole nitrogens is 1. The number of likely N-dealkylation sites (tertiary alicyclic amines) is 1. The van der Waals surface area contributed by atoms with Gasteiger partial charge in [-0.25, -0.2) is 4.79 Å². The summed E-state index contributed by atoms with van der Waals surface area (Å²) in [6, 6.07) is 0. The van der Waals surface area contributed by atoms with Gasteiger partial charge >= 0.3 is 5.69 Å². The monoisotopic (exact) mass is 324 g/mol. The molecular formula is C15H24N4O4. The quantitative estimate of drug-likeness (QED) is 0.602. The third-order valence-corrected chi connectivity index (χ3v) is 4.19. The minimum absolute atomic E-state index is 0.0636. The fourth-order valence-corrected chi connectivity index (χ4v) is 3.03. The Morgan fingerprint density at radius 3 is 2.83 bits per heavy atom. The number of aliphatic hydroxyl groups excluding tert-OH is 1. The van der Waals surface area contributed by atoms with Crippen LogP contribution in [0.25, 0.3) is 0 Å². The second kappa shape index (κ2) is 7.56. The maximum Gasteiger partial charge on any atom is 0.329 e. The average molecular weight is 324 g/mol. The summed E-state index contributed by atoms with van der Waals surface area (Å²) in [7, 11) is 0. The van der Waals surface area contributed by atoms with Gasteiger partial charge in [-0.05, 0) is 31.7 Å². The molecule has 1 aromatic rings. The standard InChI is InChI=1S/C15H24N4O4/c1-2-5-19-13(16)12(14(22)17-15(19)23)11(21)8-18-6-3-4-10(7-18)9-20/h10,20H,2-9,16H2,1H3,(H,17,22,23). The number of hydrogen-bond donors (Lipinski definition) is 3. The van der Waals surface area contributed by atoms with E-state index in [1.807, 2.05) is 11.8 Å². The number of carbonyl (C=O) groups excluding carboxylic acids is 1. The predicted octanol–water partition coefficient (Wildman–Crippen LogP) is -0.584. The summed E-state index contributed by atoms with van der Waals surface area (Å²) >= 11 is 0. The van der Waals surface area contributed by atoms with Gasteiger partial charge in [0.25, 0.3) is 5.56 Å². The topological polar surface area (TPSA) is 121 Å². The highest BCUT2D eigenvalue weighted by atomic mass is 16.3. The van der Waals surface area contributed by atoms with Gasteiger partial charge in [0.15, 0.2) is 5.78 Å². The molecule has 1 aliphatic heterocycles. The third-order valence-electron chi connectivity index (χ3n) is 4.19. The summed E-state index contributed by atoms with van der Waals surface area (Å²) in [6.45, 7) is 3.74. The molecule has 1 atom stereocenters. The normalized spacial score (nSPS) is 19.0. The molecule has 23 heavy (non-hydrogen) atoms. The number of piperidine rings is 1. The zero-order valence-corrected chi connectivity index (χ0v) is 13.4. The van der Waals surface area contributed by atoms with Gasteiger partial charge in [0.05, 0.1) is 6.54 Å². The van der Waals surface area contributed by atoms with Crippen LogP contribution in [0.5, 0.6) is 0 Å². The fraction of sp³-hybridized carbons (Fsp3) is 0.667. The molecule has 0 amide bonds. The molecule has 8 nitrogen and oxygen atoms in total. The van der Waals surface area contributed by atoms with Gasteiger partial charge < -0.3 is 10.8 Å². The molecule has 0 aliphatic carbocycles. The van der Waals surface area contributed by atoms with E-state index < -0.39 is 17.0 Å². The molecule has 2 rings (SSSR count). The number of hydrogen-bond acceptors (Lipinski definition) is 6. The van der Waals surface area contributed by atoms with Crippen LogP contribution in [0, 0.1) is 5.92 Å². The number of aromatic amines is 1. The van der Waals surface area contributed by atoms with Crippen molar-refractivity contribution in [3.8, 4) is 0 Å². The summed E-state index contributed by atoms with van der Waals surface area (Å²) in [6.07, 6.45) is 2.50. The van der Waals surface area contributed by atoms with E-state index >= 15 is 0 Å². The Hall–Kier alpha value is -1.93. The van der Waals surface area contributed by atoms with Crippen molar-refractivity contribution in [2.75, 3.05) is 32.0 Å². The first-order valence-electron chi connectivity index (χ1n) is 7.96. The Labute approximate surface area is 133 Å². The molecule has 1 saturated heterocycles. The van der Waals surface area contributed by atoms with Crippen LogP contribution in [0.4, 0.5) is 5.82 Å². The lowest BCUT2D eigenvalue weighted by molar-refractivity contribution is 0.0832. The van der Waals surface area contributed by atoms with Gasteiger partial charge in [-0.3, -0.25) is 24.0 Å². The zero-order valence-electron chi connectivity index (χ0n) is 13.4. The van der Waals surface area contributed by atoms with E-state index in [0.29, 0.717) is 19.5 Å². The second-order valence-electron chi connectivity index (χ2n) is 6.02. The Morgan fingerprint density at radius 1 is 1.43 bits per heavy atom. The van der Waals surface area contributed by atoms with Crippen LogP contribution in [-0.2, 0) is 6.54 Å². The van der Waals surface area contributed by atoms with Crippen LogP contribution in [0.1, 0.15) is 36.5 Å². The highest BCUT2D eigenvalue weighted by molar-refractivity contribution is 6.01. The van der Waals surface area contributed by atoms with Crippen molar-refractivity contribution in [2.24, 2.45) is 5.92 Å². The summed E-state index contributed by atoms with van der Waals surface area (Å²) in [4.78, 5) is 40.3. The summed E-state index contributed by atoms with van der Waals surface area (Å²) in [5.41, 5.74) is 4.42. The van der Waals surface area contributed by atoms with Crippen molar-refractivity contribution in [1.82, 2.24) is 14.5 Å². The van der Waals surface area contributed by atoms with Crippen LogP contribution in [0.15, 0.2) is 9.59 Å². The van der Waals surface area contributed by atoms with Crippen molar-refractivity contribution < 1.29 is 9.90 Å². The van der Waals surface area contributed by atoms with Gasteiger partial charge in [-0.2, -0.15) is 0 Å². The van der Waals surface area contributed by atoms with Crippen molar-refractivity contribution in [3.63, 3.8) is 0 Å². The second-order valence-corrected chi connectivity index (χ2v) is 6.02. The van der Waals surface area contributed by atoms with E-state index in [2.05, 4.69) is 4.98 Å². The van der Waals surface area contributed by atoms with Gasteiger partial charge in [-0.1, -0.05) is 6.92 Å². The van der Waals surface area contributed by atoms with E-state index in [4.69, 9.17) is 5.73 Å². The lowest BCUT2D eigenvalue weighted by atomic mass is 9.98. The maximum atomic E-state index is 12.5. The van der Waals surface area contributed by atoms with Crippen molar-refractivity contribution in [3.05, 3.63) is 26.4 Å². The van der Waals surface area contributed by atoms with E-state index in [1.54, 1.807) is 0 Å². The van der Waals surface area contributed by atoms with Crippen molar-refractivity contribution in [2.45, 2.75) is 32.7 Å². The maximum absolute atomic E-state index is 12.5. The molecule has 1 aromatic heterocycles. The molecule has 0 bridgehead atoms. The summed E-state index contributed by atoms with van der Waals surface area (Å²) in [5.74, 6) is -0.310. The van der Waals surface area contributed by atoms with Crippen LogP contribution >= 0.6 is 0 Å². The molecule has 1 fully saturated rings. The number of anilines is 1. The Morgan fingerprint density at radius 2 is 2.17 bits per heavy atom. The number of nitrogens with one attached hydrogen (secondary N) is 1. The molecule has 1 unspecified atom stereocenters. The van der Waals surface area contributed by atoms with Crippen LogP contribution in [-0.4, -0.2) is 51.6 Å². The van der Waals surface area contributed by atoms with E-state index in [-0.39, 0.29) is 30.5 Å². The lowest BCUT2D eigenvalue weighted by Crippen LogP contribution is -2.42. The highest BCUT2D eigenvalue weighted by Gasteiger charge is 2.25. The van der Waals surface area contributed by atoms with Gasteiger partial charge in [0.1, 0.15) is 11.4 Å². The first kappa shape index (κ1) is 17.4. The largest absolute Gasteiger partial charge is 0.396 e. The molecule has 2 heterocycles. The molecule has 8 heteroatoms. The molecule has 128 valence electrons. The number of aliphatic hydroxyl groups is 1.